The summed E-state index contributed by atoms with van der Waals surface area (Å²) in [7, 11) is 0. The molecule has 0 spiro atoms. The lowest BCUT2D eigenvalue weighted by Crippen LogP contribution is -1.79. The van der Waals surface area contributed by atoms with E-state index in [1.54, 1.807) is 6.20 Å². The van der Waals surface area contributed by atoms with E-state index in [0.717, 1.165) is 14.5 Å². The first kappa shape index (κ1) is 8.20. The molecule has 0 saturated heterocycles. The van der Waals surface area contributed by atoms with E-state index in [4.69, 9.17) is 0 Å². The minimum Gasteiger partial charge on any atom is -0.249 e. The molecule has 12 heavy (non-hydrogen) atoms. The van der Waals surface area contributed by atoms with Gasteiger partial charge in [0.05, 0.1) is 0 Å². The van der Waals surface area contributed by atoms with Crippen molar-refractivity contribution in [1.82, 2.24) is 4.98 Å². The number of fused-ring (bicyclic) bond motifs is 1. The smallest absolute Gasteiger partial charge is 0.115 e. The van der Waals surface area contributed by atoms with Crippen molar-refractivity contribution < 1.29 is 0 Å². The second-order valence-electron chi connectivity index (χ2n) is 2.44. The van der Waals surface area contributed by atoms with Crippen molar-refractivity contribution in [3.8, 4) is 0 Å². The van der Waals surface area contributed by atoms with Gasteiger partial charge in [-0.2, -0.15) is 0 Å². The van der Waals surface area contributed by atoms with Crippen LogP contribution in [0.3, 0.4) is 0 Å². The van der Waals surface area contributed by atoms with Gasteiger partial charge in [0, 0.05) is 16.1 Å². The van der Waals surface area contributed by atoms with E-state index in [1.807, 2.05) is 18.2 Å². The maximum atomic E-state index is 4.15. The van der Waals surface area contributed by atoms with Crippen molar-refractivity contribution in [3.05, 3.63) is 39.5 Å². The van der Waals surface area contributed by atoms with Crippen LogP contribution in [-0.2, 0) is 0 Å². The zero-order chi connectivity index (χ0) is 8.55. The summed E-state index contributed by atoms with van der Waals surface area (Å²) in [6, 6.07) is 8.07. The van der Waals surface area contributed by atoms with Gasteiger partial charge in [-0.15, -0.1) is 0 Å². The minimum absolute atomic E-state index is 0.882. The number of nitrogens with zero attached hydrogens (tertiary/aromatic N) is 1. The Labute approximate surface area is 87.1 Å². The Morgan fingerprint density at radius 1 is 1.08 bits per heavy atom. The highest BCUT2D eigenvalue weighted by molar-refractivity contribution is 9.11. The van der Waals surface area contributed by atoms with Gasteiger partial charge >= 0.3 is 0 Å². The Bertz CT molecular complexity index is 389. The fraction of sp³-hybridized carbons (Fsp3) is 0. The molecule has 60 valence electrons. The summed E-state index contributed by atoms with van der Waals surface area (Å²) in [6.07, 6.45) is 1.79. The van der Waals surface area contributed by atoms with E-state index >= 15 is 0 Å². The molecular formula is C9H5Br2N. The van der Waals surface area contributed by atoms with Crippen molar-refractivity contribution >= 4 is 42.6 Å². The first-order valence-electron chi connectivity index (χ1n) is 3.48. The Morgan fingerprint density at radius 2 is 1.92 bits per heavy atom. The van der Waals surface area contributed by atoms with Crippen molar-refractivity contribution in [1.29, 1.82) is 0 Å². The van der Waals surface area contributed by atoms with Crippen LogP contribution in [0.15, 0.2) is 39.5 Å². The summed E-state index contributed by atoms with van der Waals surface area (Å²) in [6.45, 7) is 0. The highest BCUT2D eigenvalue weighted by Crippen LogP contribution is 2.28. The lowest BCUT2D eigenvalue weighted by Gasteiger charge is -2.00. The van der Waals surface area contributed by atoms with Crippen LogP contribution in [-0.4, -0.2) is 4.98 Å². The molecule has 0 aliphatic carbocycles. The molecule has 1 aromatic heterocycles. The summed E-state index contributed by atoms with van der Waals surface area (Å²) in [4.78, 5) is 4.15. The second-order valence-corrected chi connectivity index (χ2v) is 4.05. The molecule has 1 nitrogen and oxygen atoms in total. The fourth-order valence-corrected chi connectivity index (χ4v) is 2.54. The number of benzene rings is 1. The highest BCUT2D eigenvalue weighted by atomic mass is 79.9. The summed E-state index contributed by atoms with van der Waals surface area (Å²) >= 11 is 6.88. The van der Waals surface area contributed by atoms with Crippen LogP contribution < -0.4 is 0 Å². The molecule has 1 aromatic carbocycles. The van der Waals surface area contributed by atoms with Crippen molar-refractivity contribution in [2.24, 2.45) is 0 Å². The highest BCUT2D eigenvalue weighted by Gasteiger charge is 2.01. The predicted octanol–water partition coefficient (Wildman–Crippen LogP) is 3.76. The molecule has 0 N–H and O–H groups in total. The van der Waals surface area contributed by atoms with Crippen LogP contribution in [0.5, 0.6) is 0 Å². The lowest BCUT2D eigenvalue weighted by atomic mass is 10.2. The molecule has 2 rings (SSSR count). The van der Waals surface area contributed by atoms with Crippen LogP contribution in [0.2, 0.25) is 0 Å². The molecule has 0 amide bonds. The molecule has 0 fully saturated rings. The van der Waals surface area contributed by atoms with E-state index in [1.165, 1.54) is 5.39 Å². The fourth-order valence-electron chi connectivity index (χ4n) is 1.14. The standard InChI is InChI=1S/C9H5Br2N/c10-7-3-1-2-6-4-5-12-9(11)8(6)7/h1-5H. The SMILES string of the molecule is Brc1cccc2ccnc(Br)c12. The van der Waals surface area contributed by atoms with Gasteiger partial charge in [-0.25, -0.2) is 4.98 Å². The van der Waals surface area contributed by atoms with Gasteiger partial charge in [0.1, 0.15) is 4.60 Å². The first-order chi connectivity index (χ1) is 5.79. The van der Waals surface area contributed by atoms with E-state index in [2.05, 4.69) is 42.9 Å². The van der Waals surface area contributed by atoms with Crippen LogP contribution in [0, 0.1) is 0 Å². The van der Waals surface area contributed by atoms with Gasteiger partial charge in [0.2, 0.25) is 0 Å². The van der Waals surface area contributed by atoms with Crippen molar-refractivity contribution in [2.75, 3.05) is 0 Å². The molecule has 1 heterocycles. The average molecular weight is 287 g/mol. The molecule has 0 unspecified atom stereocenters. The van der Waals surface area contributed by atoms with Crippen molar-refractivity contribution in [2.45, 2.75) is 0 Å². The van der Waals surface area contributed by atoms with Crippen LogP contribution in [0.1, 0.15) is 0 Å². The summed E-state index contributed by atoms with van der Waals surface area (Å²) in [5, 5.41) is 2.31. The molecule has 0 radical (unpaired) electrons. The normalized spacial score (nSPS) is 10.5. The van der Waals surface area contributed by atoms with Gasteiger partial charge in [-0.3, -0.25) is 0 Å². The van der Waals surface area contributed by atoms with E-state index in [0.29, 0.717) is 0 Å². The Balaban J connectivity index is 2.96. The van der Waals surface area contributed by atoms with Crippen LogP contribution in [0.4, 0.5) is 0 Å². The monoisotopic (exact) mass is 285 g/mol. The molecule has 0 aliphatic rings. The van der Waals surface area contributed by atoms with Crippen LogP contribution >= 0.6 is 31.9 Å². The van der Waals surface area contributed by atoms with Gasteiger partial charge in [-0.05, 0) is 33.4 Å². The molecule has 0 aliphatic heterocycles. The van der Waals surface area contributed by atoms with Gasteiger partial charge in [0.25, 0.3) is 0 Å². The van der Waals surface area contributed by atoms with Crippen molar-refractivity contribution in [3.63, 3.8) is 0 Å². The third kappa shape index (κ3) is 1.27. The topological polar surface area (TPSA) is 12.9 Å². The number of pyridine rings is 1. The third-order valence-electron chi connectivity index (χ3n) is 1.69. The average Bonchev–Trinajstić information content (AvgIpc) is 2.04. The number of hydrogen-bond acceptors (Lipinski definition) is 1. The van der Waals surface area contributed by atoms with Gasteiger partial charge in [-0.1, -0.05) is 28.1 Å². The Morgan fingerprint density at radius 3 is 2.67 bits per heavy atom. The number of halogens is 2. The Hall–Kier alpha value is -0.410. The molecule has 0 bridgehead atoms. The number of aromatic nitrogens is 1. The first-order valence-corrected chi connectivity index (χ1v) is 5.06. The van der Waals surface area contributed by atoms with Crippen LogP contribution in [0.25, 0.3) is 10.8 Å². The number of hydrogen-bond donors (Lipinski definition) is 0. The lowest BCUT2D eigenvalue weighted by molar-refractivity contribution is 1.31. The molecule has 3 heteroatoms. The summed E-state index contributed by atoms with van der Waals surface area (Å²) < 4.78 is 1.95. The minimum atomic E-state index is 0.882. The molecular weight excluding hydrogens is 282 g/mol. The molecule has 0 saturated carbocycles. The third-order valence-corrected chi connectivity index (χ3v) is 2.96. The van der Waals surface area contributed by atoms with Gasteiger partial charge < -0.3 is 0 Å². The zero-order valence-corrected chi connectivity index (χ0v) is 9.26. The summed E-state index contributed by atoms with van der Waals surface area (Å²) in [5.41, 5.74) is 0. The van der Waals surface area contributed by atoms with E-state index in [-0.39, 0.29) is 0 Å². The molecule has 2 aromatic rings. The second kappa shape index (κ2) is 3.15. The van der Waals surface area contributed by atoms with E-state index in [9.17, 15) is 0 Å². The maximum absolute atomic E-state index is 4.15. The summed E-state index contributed by atoms with van der Waals surface area (Å²) in [5.74, 6) is 0. The zero-order valence-electron chi connectivity index (χ0n) is 6.09. The van der Waals surface area contributed by atoms with Gasteiger partial charge in [0.15, 0.2) is 0 Å². The quantitative estimate of drug-likeness (QED) is 0.672. The van der Waals surface area contributed by atoms with E-state index < -0.39 is 0 Å². The largest absolute Gasteiger partial charge is 0.249 e. The number of rotatable bonds is 0. The predicted molar refractivity (Wildman–Crippen MR) is 57.1 cm³/mol. The maximum Gasteiger partial charge on any atom is 0.115 e. The Kier molecular flexibility index (Phi) is 2.15. The molecule has 0 atom stereocenters.